The molecule has 1 aromatic carbocycles. The lowest BCUT2D eigenvalue weighted by Crippen LogP contribution is -2.08. The van der Waals surface area contributed by atoms with Gasteiger partial charge in [0.05, 0.1) is 0 Å². The maximum atomic E-state index is 12.2. The van der Waals surface area contributed by atoms with E-state index in [1.165, 1.54) is 50.5 Å². The van der Waals surface area contributed by atoms with E-state index in [0.717, 1.165) is 30.4 Å². The molecule has 1 fully saturated rings. The second-order valence-electron chi connectivity index (χ2n) is 7.33. The van der Waals surface area contributed by atoms with Gasteiger partial charge in [-0.3, -0.25) is 4.79 Å². The van der Waals surface area contributed by atoms with E-state index in [4.69, 9.17) is 0 Å². The highest BCUT2D eigenvalue weighted by Gasteiger charge is 2.23. The Balaban J connectivity index is 1.59. The predicted octanol–water partition coefficient (Wildman–Crippen LogP) is 5.15. The monoisotopic (exact) mass is 315 g/mol. The van der Waals surface area contributed by atoms with E-state index in [9.17, 15) is 4.79 Å². The molecule has 2 rings (SSSR count). The van der Waals surface area contributed by atoms with Gasteiger partial charge in [0.1, 0.15) is 0 Å². The summed E-state index contributed by atoms with van der Waals surface area (Å²) in [6.07, 6.45) is 11.3. The summed E-state index contributed by atoms with van der Waals surface area (Å²) in [5.41, 5.74) is 2.10. The van der Waals surface area contributed by atoms with Crippen LogP contribution in [0.25, 0.3) is 0 Å². The summed E-state index contributed by atoms with van der Waals surface area (Å²) in [6.45, 7) is 3.21. The zero-order valence-corrected chi connectivity index (χ0v) is 14.9. The summed E-state index contributed by atoms with van der Waals surface area (Å²) in [6, 6.07) is 7.99. The third-order valence-electron chi connectivity index (χ3n) is 5.33. The van der Waals surface area contributed by atoms with Gasteiger partial charge < -0.3 is 5.32 Å². The van der Waals surface area contributed by atoms with E-state index in [1.54, 1.807) is 0 Å². The first-order valence-electron chi connectivity index (χ1n) is 9.43. The molecule has 1 saturated carbocycles. The molecular weight excluding hydrogens is 282 g/mol. The highest BCUT2D eigenvalue weighted by Crippen LogP contribution is 2.36. The zero-order valence-electron chi connectivity index (χ0n) is 14.9. The second-order valence-corrected chi connectivity index (χ2v) is 7.33. The van der Waals surface area contributed by atoms with Crippen molar-refractivity contribution in [1.29, 1.82) is 0 Å². The third-order valence-corrected chi connectivity index (χ3v) is 5.33. The van der Waals surface area contributed by atoms with Crippen LogP contribution in [0, 0.1) is 18.8 Å². The minimum Gasteiger partial charge on any atom is -0.320 e. The molecule has 0 aliphatic heterocycles. The summed E-state index contributed by atoms with van der Waals surface area (Å²) in [4.78, 5) is 12.2. The van der Waals surface area contributed by atoms with Crippen molar-refractivity contribution in [2.24, 2.45) is 11.8 Å². The van der Waals surface area contributed by atoms with E-state index in [0.29, 0.717) is 12.2 Å². The van der Waals surface area contributed by atoms with Gasteiger partial charge >= 0.3 is 0 Å². The predicted molar refractivity (Wildman–Crippen MR) is 98.0 cm³/mol. The Bertz CT molecular complexity index is 465. The minimum atomic E-state index is 0.312. The Morgan fingerprint density at radius 1 is 1.04 bits per heavy atom. The van der Waals surface area contributed by atoms with Gasteiger partial charge in [0.2, 0.25) is 0 Å². The molecule has 0 heterocycles. The van der Waals surface area contributed by atoms with Gasteiger partial charge in [-0.15, -0.1) is 0 Å². The van der Waals surface area contributed by atoms with Gasteiger partial charge in [0.15, 0.2) is 5.78 Å². The van der Waals surface area contributed by atoms with E-state index < -0.39 is 0 Å². The molecule has 2 heteroatoms. The van der Waals surface area contributed by atoms with E-state index in [1.807, 2.05) is 31.3 Å². The Kier molecular flexibility index (Phi) is 7.81. The van der Waals surface area contributed by atoms with E-state index >= 15 is 0 Å². The Morgan fingerprint density at radius 2 is 1.70 bits per heavy atom. The average Bonchev–Trinajstić information content (AvgIpc) is 3.00. The van der Waals surface area contributed by atoms with Crippen LogP contribution in [0.15, 0.2) is 24.3 Å². The Hall–Kier alpha value is -1.15. The number of rotatable bonds is 10. The number of hydrogen-bond acceptors (Lipinski definition) is 2. The topological polar surface area (TPSA) is 29.1 Å². The first-order chi connectivity index (χ1) is 11.2. The van der Waals surface area contributed by atoms with E-state index in [2.05, 4.69) is 12.2 Å². The second kappa shape index (κ2) is 9.87. The largest absolute Gasteiger partial charge is 0.320 e. The number of Topliss-reactive ketones (excluding diaryl/α,β-unsaturated/α-hetero) is 1. The van der Waals surface area contributed by atoms with E-state index in [-0.39, 0.29) is 0 Å². The number of hydrogen-bond donors (Lipinski definition) is 1. The highest BCUT2D eigenvalue weighted by atomic mass is 16.1. The summed E-state index contributed by atoms with van der Waals surface area (Å²) < 4.78 is 0. The van der Waals surface area contributed by atoms with Crippen molar-refractivity contribution in [2.75, 3.05) is 13.6 Å². The molecule has 1 aliphatic rings. The van der Waals surface area contributed by atoms with Crippen LogP contribution in [0.1, 0.15) is 73.7 Å². The lowest BCUT2D eigenvalue weighted by molar-refractivity contribution is 0.0977. The van der Waals surface area contributed by atoms with Crippen molar-refractivity contribution < 1.29 is 4.79 Å². The average molecular weight is 316 g/mol. The maximum absolute atomic E-state index is 12.2. The van der Waals surface area contributed by atoms with Crippen molar-refractivity contribution >= 4 is 5.78 Å². The molecule has 1 N–H and O–H groups in total. The molecular formula is C21H33NO. The van der Waals surface area contributed by atoms with Crippen LogP contribution in [0.3, 0.4) is 0 Å². The fraction of sp³-hybridized carbons (Fsp3) is 0.667. The number of ketones is 1. The molecule has 1 aromatic rings. The molecule has 0 saturated heterocycles. The van der Waals surface area contributed by atoms with Crippen LogP contribution < -0.4 is 5.32 Å². The summed E-state index contributed by atoms with van der Waals surface area (Å²) in [5, 5.41) is 3.22. The number of carbonyl (C=O) groups is 1. The quantitative estimate of drug-likeness (QED) is 0.477. The van der Waals surface area contributed by atoms with Crippen LogP contribution >= 0.6 is 0 Å². The van der Waals surface area contributed by atoms with Gasteiger partial charge in [-0.25, -0.2) is 0 Å². The van der Waals surface area contributed by atoms with Crippen molar-refractivity contribution in [3.63, 3.8) is 0 Å². The fourth-order valence-electron chi connectivity index (χ4n) is 3.87. The summed E-state index contributed by atoms with van der Waals surface area (Å²) in [7, 11) is 2.03. The number of aryl methyl sites for hydroxylation is 1. The van der Waals surface area contributed by atoms with Gasteiger partial charge in [-0.05, 0) is 51.6 Å². The van der Waals surface area contributed by atoms with Crippen LogP contribution in [0.2, 0.25) is 0 Å². The molecule has 0 bridgehead atoms. The Morgan fingerprint density at radius 3 is 2.35 bits per heavy atom. The SMILES string of the molecule is CNCCCCC1CCC(CCCC(=O)c2ccc(C)cc2)C1. The van der Waals surface area contributed by atoms with Gasteiger partial charge in [-0.2, -0.15) is 0 Å². The van der Waals surface area contributed by atoms with Gasteiger partial charge in [-0.1, -0.05) is 61.9 Å². The molecule has 0 spiro atoms. The van der Waals surface area contributed by atoms with Crippen LogP contribution in [-0.2, 0) is 0 Å². The van der Waals surface area contributed by atoms with Crippen molar-refractivity contribution in [3.8, 4) is 0 Å². The van der Waals surface area contributed by atoms with Crippen molar-refractivity contribution in [2.45, 2.75) is 64.7 Å². The standard InChI is InChI=1S/C21H33NO/c1-17-9-13-20(14-10-17)21(23)8-5-7-19-12-11-18(16-19)6-3-4-15-22-2/h9-10,13-14,18-19,22H,3-8,11-12,15-16H2,1-2H3. The molecule has 0 radical (unpaired) electrons. The molecule has 128 valence electrons. The third kappa shape index (κ3) is 6.47. The molecule has 0 aromatic heterocycles. The number of unbranched alkanes of at least 4 members (excludes halogenated alkanes) is 1. The smallest absolute Gasteiger partial charge is 0.162 e. The molecule has 1 aliphatic carbocycles. The molecule has 0 amide bonds. The molecule has 2 nitrogen and oxygen atoms in total. The number of benzene rings is 1. The van der Waals surface area contributed by atoms with Crippen LogP contribution in [-0.4, -0.2) is 19.4 Å². The van der Waals surface area contributed by atoms with Crippen molar-refractivity contribution in [1.82, 2.24) is 5.32 Å². The highest BCUT2D eigenvalue weighted by molar-refractivity contribution is 5.96. The Labute approximate surface area is 142 Å². The zero-order chi connectivity index (χ0) is 16.5. The fourth-order valence-corrected chi connectivity index (χ4v) is 3.87. The van der Waals surface area contributed by atoms with Gasteiger partial charge in [0.25, 0.3) is 0 Å². The summed E-state index contributed by atoms with van der Waals surface area (Å²) in [5.74, 6) is 2.13. The van der Waals surface area contributed by atoms with Gasteiger partial charge in [0, 0.05) is 12.0 Å². The molecule has 23 heavy (non-hydrogen) atoms. The number of nitrogens with one attached hydrogen (secondary N) is 1. The number of carbonyl (C=O) groups excluding carboxylic acids is 1. The van der Waals surface area contributed by atoms with Crippen LogP contribution in [0.5, 0.6) is 0 Å². The lowest BCUT2D eigenvalue weighted by atomic mass is 9.95. The minimum absolute atomic E-state index is 0.312. The molecule has 2 atom stereocenters. The normalized spacial score (nSPS) is 20.8. The van der Waals surface area contributed by atoms with Crippen LogP contribution in [0.4, 0.5) is 0 Å². The van der Waals surface area contributed by atoms with Crippen molar-refractivity contribution in [3.05, 3.63) is 35.4 Å². The first-order valence-corrected chi connectivity index (χ1v) is 9.43. The summed E-state index contributed by atoms with van der Waals surface area (Å²) >= 11 is 0. The lowest BCUT2D eigenvalue weighted by Gasteiger charge is -2.11. The maximum Gasteiger partial charge on any atom is 0.162 e. The first kappa shape index (κ1) is 18.2. The molecule has 2 unspecified atom stereocenters.